The summed E-state index contributed by atoms with van der Waals surface area (Å²) in [5, 5.41) is 0. The second-order valence-corrected chi connectivity index (χ2v) is 20.2. The van der Waals surface area contributed by atoms with Crippen LogP contribution in [0.15, 0.2) is 146 Å². The van der Waals surface area contributed by atoms with Gasteiger partial charge >= 0.3 is 17.9 Å². The molecule has 0 amide bonds. The Kier molecular flexibility index (Phi) is 59.9. The average Bonchev–Trinajstić information content (AvgIpc) is 3.43. The lowest BCUT2D eigenvalue weighted by atomic mass is 10.0. The average molecular weight is 1060 g/mol. The molecule has 0 aromatic carbocycles. The van der Waals surface area contributed by atoms with Gasteiger partial charge in [-0.25, -0.2) is 0 Å². The maximum absolute atomic E-state index is 12.9. The second kappa shape index (κ2) is 63.8. The van der Waals surface area contributed by atoms with Gasteiger partial charge < -0.3 is 14.2 Å². The van der Waals surface area contributed by atoms with Crippen molar-refractivity contribution in [3.8, 4) is 0 Å². The fourth-order valence-corrected chi connectivity index (χ4v) is 8.18. The van der Waals surface area contributed by atoms with Crippen molar-refractivity contribution in [3.05, 3.63) is 146 Å². The molecule has 1 unspecified atom stereocenters. The predicted octanol–water partition coefficient (Wildman–Crippen LogP) is 21.5. The van der Waals surface area contributed by atoms with Gasteiger partial charge in [0.25, 0.3) is 0 Å². The van der Waals surface area contributed by atoms with E-state index in [4.69, 9.17) is 14.2 Å². The van der Waals surface area contributed by atoms with Crippen LogP contribution in [0.1, 0.15) is 265 Å². The molecule has 77 heavy (non-hydrogen) atoms. The van der Waals surface area contributed by atoms with Gasteiger partial charge in [-0.05, 0) is 135 Å². The Hall–Kier alpha value is -4.71. The molecule has 0 N–H and O–H groups in total. The molecule has 0 heterocycles. The first kappa shape index (κ1) is 72.3. The third kappa shape index (κ3) is 62.0. The molecule has 6 heteroatoms. The summed E-state index contributed by atoms with van der Waals surface area (Å²) in [6.45, 7) is 6.33. The Morgan fingerprint density at radius 1 is 0.273 bits per heavy atom. The molecule has 0 saturated carbocycles. The van der Waals surface area contributed by atoms with E-state index >= 15 is 0 Å². The number of rotatable bonds is 55. The summed E-state index contributed by atoms with van der Waals surface area (Å²) in [4.78, 5) is 38.3. The standard InChI is InChI=1S/C71H114O6/c1-4-7-10-13-16-19-22-25-27-29-31-33-35-37-39-41-43-46-49-52-55-58-61-64-70(73)76-67-68(66-75-69(72)63-60-57-54-51-48-45-24-21-18-15-12-9-6-3)77-71(74)65-62-59-56-53-50-47-44-42-40-38-36-34-32-30-28-26-23-20-17-14-11-8-5-2/h7,9-10,12,16,18-19,21,23,25-27,30-33,37,39,43,45-46,48,52,55,68H,4-6,8,11,13-15,17,20,22,24,28-29,34-36,38,40-42,44,47,49-51,53-54,56-67H2,1-3H3/b10-7-,12-9-,19-16-,21-18-,26-23-,27-25-,32-30-,33-31-,39-37-,46-43-,48-45-,55-52-. The van der Waals surface area contributed by atoms with Crippen LogP contribution in [0.25, 0.3) is 0 Å². The Balaban J connectivity index is 4.48. The minimum Gasteiger partial charge on any atom is -0.462 e. The molecular formula is C71H114O6. The molecule has 1 atom stereocenters. The van der Waals surface area contributed by atoms with Gasteiger partial charge in [0.2, 0.25) is 0 Å². The van der Waals surface area contributed by atoms with Crippen molar-refractivity contribution in [3.63, 3.8) is 0 Å². The molecule has 0 aromatic rings. The fraction of sp³-hybridized carbons (Fsp3) is 0.620. The highest BCUT2D eigenvalue weighted by Crippen LogP contribution is 2.15. The van der Waals surface area contributed by atoms with E-state index in [1.807, 2.05) is 0 Å². The van der Waals surface area contributed by atoms with Crippen molar-refractivity contribution in [2.75, 3.05) is 13.2 Å². The fourth-order valence-electron chi connectivity index (χ4n) is 8.18. The van der Waals surface area contributed by atoms with Gasteiger partial charge in [0.1, 0.15) is 13.2 Å². The van der Waals surface area contributed by atoms with Crippen molar-refractivity contribution in [2.45, 2.75) is 271 Å². The number of carbonyl (C=O) groups excluding carboxylic acids is 3. The molecule has 434 valence electrons. The Morgan fingerprint density at radius 2 is 0.519 bits per heavy atom. The largest absolute Gasteiger partial charge is 0.462 e. The van der Waals surface area contributed by atoms with Crippen LogP contribution in [-0.4, -0.2) is 37.2 Å². The van der Waals surface area contributed by atoms with E-state index in [-0.39, 0.29) is 37.5 Å². The molecule has 0 aliphatic carbocycles. The zero-order valence-electron chi connectivity index (χ0n) is 49.7. The number of carbonyl (C=O) groups is 3. The summed E-state index contributed by atoms with van der Waals surface area (Å²) in [6.07, 6.45) is 91.4. The summed E-state index contributed by atoms with van der Waals surface area (Å²) in [5.74, 6) is -1.01. The molecule has 0 fully saturated rings. The Bertz CT molecular complexity index is 1700. The summed E-state index contributed by atoms with van der Waals surface area (Å²) in [6, 6.07) is 0. The first-order valence-corrected chi connectivity index (χ1v) is 31.3. The highest BCUT2D eigenvalue weighted by Gasteiger charge is 2.19. The quantitative estimate of drug-likeness (QED) is 0.0261. The minimum atomic E-state index is -0.822. The van der Waals surface area contributed by atoms with Gasteiger partial charge in [0.15, 0.2) is 6.10 Å². The van der Waals surface area contributed by atoms with Gasteiger partial charge in [0.05, 0.1) is 0 Å². The van der Waals surface area contributed by atoms with Crippen LogP contribution in [0, 0.1) is 0 Å². The molecule has 0 saturated heterocycles. The van der Waals surface area contributed by atoms with E-state index < -0.39 is 6.10 Å². The van der Waals surface area contributed by atoms with E-state index in [9.17, 15) is 14.4 Å². The van der Waals surface area contributed by atoms with Crippen LogP contribution in [-0.2, 0) is 28.6 Å². The number of allylic oxidation sites excluding steroid dienone is 24. The number of unbranched alkanes of at least 4 members (excludes halogenated alkanes) is 20. The lowest BCUT2D eigenvalue weighted by Gasteiger charge is -2.18. The third-order valence-corrected chi connectivity index (χ3v) is 12.8. The van der Waals surface area contributed by atoms with E-state index in [0.717, 1.165) is 122 Å². The molecule has 0 spiro atoms. The number of hydrogen-bond donors (Lipinski definition) is 0. The van der Waals surface area contributed by atoms with E-state index in [2.05, 4.69) is 167 Å². The third-order valence-electron chi connectivity index (χ3n) is 12.8. The van der Waals surface area contributed by atoms with Gasteiger partial charge in [-0.2, -0.15) is 0 Å². The molecule has 0 aromatic heterocycles. The van der Waals surface area contributed by atoms with E-state index in [0.29, 0.717) is 19.3 Å². The summed E-state index contributed by atoms with van der Waals surface area (Å²) in [7, 11) is 0. The Labute approximate surface area is 474 Å². The molecule has 0 aliphatic rings. The maximum Gasteiger partial charge on any atom is 0.306 e. The summed E-state index contributed by atoms with van der Waals surface area (Å²) >= 11 is 0. The number of ether oxygens (including phenoxy) is 3. The van der Waals surface area contributed by atoms with Gasteiger partial charge in [0, 0.05) is 19.3 Å². The van der Waals surface area contributed by atoms with Crippen LogP contribution in [0.2, 0.25) is 0 Å². The van der Waals surface area contributed by atoms with Crippen LogP contribution in [0.3, 0.4) is 0 Å². The maximum atomic E-state index is 12.9. The van der Waals surface area contributed by atoms with E-state index in [1.165, 1.54) is 96.3 Å². The second-order valence-electron chi connectivity index (χ2n) is 20.2. The smallest absolute Gasteiger partial charge is 0.306 e. The monoisotopic (exact) mass is 1060 g/mol. The molecule has 0 radical (unpaired) electrons. The number of hydrogen-bond acceptors (Lipinski definition) is 6. The van der Waals surface area contributed by atoms with Gasteiger partial charge in [-0.3, -0.25) is 14.4 Å². The van der Waals surface area contributed by atoms with Crippen LogP contribution >= 0.6 is 0 Å². The van der Waals surface area contributed by atoms with Crippen molar-refractivity contribution in [2.24, 2.45) is 0 Å². The van der Waals surface area contributed by atoms with Crippen molar-refractivity contribution < 1.29 is 28.6 Å². The zero-order chi connectivity index (χ0) is 55.7. The first-order valence-electron chi connectivity index (χ1n) is 31.3. The topological polar surface area (TPSA) is 78.9 Å². The molecular weight excluding hydrogens is 949 g/mol. The van der Waals surface area contributed by atoms with Crippen molar-refractivity contribution >= 4 is 17.9 Å². The van der Waals surface area contributed by atoms with Gasteiger partial charge in [-0.15, -0.1) is 0 Å². The Morgan fingerprint density at radius 3 is 0.857 bits per heavy atom. The highest BCUT2D eigenvalue weighted by atomic mass is 16.6. The van der Waals surface area contributed by atoms with Crippen molar-refractivity contribution in [1.29, 1.82) is 0 Å². The lowest BCUT2D eigenvalue weighted by molar-refractivity contribution is -0.167. The zero-order valence-corrected chi connectivity index (χ0v) is 49.7. The summed E-state index contributed by atoms with van der Waals surface area (Å²) in [5.41, 5.74) is 0. The molecule has 0 aliphatic heterocycles. The van der Waals surface area contributed by atoms with Crippen molar-refractivity contribution in [1.82, 2.24) is 0 Å². The SMILES string of the molecule is CC/C=C\C/C=C\C/C=C\C/C=C\C/C=C\C/C=C\C/C=C\CCCC(=O)OCC(COC(=O)CCCCC/C=C\C/C=C\C/C=C\CC)OC(=O)CCCCCCCCCCCCC/C=C\C/C=C\CCCCCCC. The van der Waals surface area contributed by atoms with Crippen LogP contribution in [0.5, 0.6) is 0 Å². The van der Waals surface area contributed by atoms with Crippen LogP contribution in [0.4, 0.5) is 0 Å². The lowest BCUT2D eigenvalue weighted by Crippen LogP contribution is -2.30. The molecule has 0 rings (SSSR count). The first-order chi connectivity index (χ1) is 38.0. The molecule has 0 bridgehead atoms. The van der Waals surface area contributed by atoms with Crippen LogP contribution < -0.4 is 0 Å². The minimum absolute atomic E-state index is 0.117. The molecule has 6 nitrogen and oxygen atoms in total. The normalized spacial score (nSPS) is 13.1. The summed E-state index contributed by atoms with van der Waals surface area (Å²) < 4.78 is 16.8. The predicted molar refractivity (Wildman–Crippen MR) is 334 cm³/mol. The number of esters is 3. The van der Waals surface area contributed by atoms with E-state index in [1.54, 1.807) is 0 Å². The van der Waals surface area contributed by atoms with Gasteiger partial charge in [-0.1, -0.05) is 256 Å². The highest BCUT2D eigenvalue weighted by molar-refractivity contribution is 5.71.